The first-order chi connectivity index (χ1) is 13.3. The Bertz CT molecular complexity index is 509. The van der Waals surface area contributed by atoms with Crippen molar-refractivity contribution in [1.82, 2.24) is 19.6 Å². The van der Waals surface area contributed by atoms with E-state index in [2.05, 4.69) is 0 Å². The molecule has 0 radical (unpaired) electrons. The van der Waals surface area contributed by atoms with Crippen LogP contribution in [0.5, 0.6) is 0 Å². The van der Waals surface area contributed by atoms with Crippen LogP contribution in [0.4, 0.5) is 9.59 Å². The maximum absolute atomic E-state index is 11.3. The number of carbonyl (C=O) groups is 2. The molecule has 0 aromatic carbocycles. The van der Waals surface area contributed by atoms with Gasteiger partial charge in [-0.25, -0.2) is 9.59 Å². The van der Waals surface area contributed by atoms with Crippen LogP contribution in [0.25, 0.3) is 0 Å². The fourth-order valence-electron chi connectivity index (χ4n) is 2.57. The van der Waals surface area contributed by atoms with Gasteiger partial charge in [-0.2, -0.15) is 0 Å². The van der Waals surface area contributed by atoms with Gasteiger partial charge in [-0.1, -0.05) is 8.64 Å². The van der Waals surface area contributed by atoms with E-state index in [0.717, 1.165) is 0 Å². The molecule has 0 spiro atoms. The van der Waals surface area contributed by atoms with Gasteiger partial charge in [0.05, 0.1) is 13.2 Å². The van der Waals surface area contributed by atoms with Gasteiger partial charge in [-0.05, 0) is 13.8 Å². The summed E-state index contributed by atoms with van der Waals surface area (Å²) in [7, 11) is 0. The quantitative estimate of drug-likeness (QED) is 0.295. The Morgan fingerprint density at radius 2 is 0.931 bits per heavy atom. The van der Waals surface area contributed by atoms with Crippen LogP contribution < -0.4 is 0 Å². The molecule has 8 nitrogen and oxygen atoms in total. The summed E-state index contributed by atoms with van der Waals surface area (Å²) in [5, 5.41) is 0. The average molecular weight is 532 g/mol. The van der Waals surface area contributed by atoms with Crippen molar-refractivity contribution < 1.29 is 38.5 Å². The van der Waals surface area contributed by atoms with E-state index in [1.54, 1.807) is 23.6 Å². The Labute approximate surface area is 207 Å². The maximum atomic E-state index is 11.3. The second-order valence-electron chi connectivity index (χ2n) is 5.88. The molecular formula is C16H26N4O4S4Zn-2. The molecule has 0 aromatic heterocycles. The van der Waals surface area contributed by atoms with Crippen molar-refractivity contribution in [2.24, 2.45) is 0 Å². The molecule has 162 valence electrons. The summed E-state index contributed by atoms with van der Waals surface area (Å²) < 4.78 is 10.7. The minimum Gasteiger partial charge on any atom is -0.450 e. The maximum Gasteiger partial charge on any atom is 0.409 e. The molecule has 2 saturated heterocycles. The van der Waals surface area contributed by atoms with Crippen LogP contribution in [0.2, 0.25) is 0 Å². The topological polar surface area (TPSA) is 65.6 Å². The van der Waals surface area contributed by atoms with Crippen LogP contribution in [-0.2, 0) is 54.2 Å². The number of ether oxygens (including phenoxy) is 2. The molecule has 2 heterocycles. The second kappa shape index (κ2) is 15.2. The van der Waals surface area contributed by atoms with Crippen molar-refractivity contribution in [3.05, 3.63) is 0 Å². The summed E-state index contributed by atoms with van der Waals surface area (Å²) in [6.45, 7) is 9.80. The summed E-state index contributed by atoms with van der Waals surface area (Å²) in [5.41, 5.74) is 0. The third-order valence-electron chi connectivity index (χ3n) is 4.13. The van der Waals surface area contributed by atoms with E-state index in [0.29, 0.717) is 74.2 Å². The standard InChI is InChI=1S/2C8H14N2O2S2.Zn/c2*1-2-12-7(11)9-3-5-10(6-4-9)8(13)14;/h2*2-6H2,1H3,(H,13,14);/p-2. The summed E-state index contributed by atoms with van der Waals surface area (Å²) in [5.74, 6) is 0. The van der Waals surface area contributed by atoms with E-state index in [1.807, 2.05) is 9.80 Å². The van der Waals surface area contributed by atoms with E-state index in [9.17, 15) is 9.59 Å². The smallest absolute Gasteiger partial charge is 0.409 e. The van der Waals surface area contributed by atoms with Gasteiger partial charge in [-0.3, -0.25) is 0 Å². The molecule has 2 fully saturated rings. The monoisotopic (exact) mass is 530 g/mol. The van der Waals surface area contributed by atoms with E-state index < -0.39 is 0 Å². The minimum absolute atomic E-state index is 0. The van der Waals surface area contributed by atoms with Crippen molar-refractivity contribution in [2.45, 2.75) is 13.8 Å². The van der Waals surface area contributed by atoms with Crippen LogP contribution in [0.15, 0.2) is 0 Å². The van der Waals surface area contributed by atoms with Crippen molar-refractivity contribution in [2.75, 3.05) is 65.6 Å². The summed E-state index contributed by atoms with van der Waals surface area (Å²) in [6.07, 6.45) is -0.495. The molecule has 2 amide bonds. The summed E-state index contributed by atoms with van der Waals surface area (Å²) in [6, 6.07) is 0. The summed E-state index contributed by atoms with van der Waals surface area (Å²) >= 11 is 19.5. The van der Waals surface area contributed by atoms with Crippen molar-refractivity contribution in [3.63, 3.8) is 0 Å². The van der Waals surface area contributed by atoms with Crippen LogP contribution >= 0.6 is 24.4 Å². The fraction of sp³-hybridized carbons (Fsp3) is 0.750. The van der Waals surface area contributed by atoms with E-state index in [1.165, 1.54) is 0 Å². The number of nitrogens with zero attached hydrogens (tertiary/aromatic N) is 4. The van der Waals surface area contributed by atoms with Crippen molar-refractivity contribution >= 4 is 70.5 Å². The molecule has 0 atom stereocenters. The first-order valence-corrected chi connectivity index (χ1v) is 10.7. The minimum atomic E-state index is -0.248. The fourth-order valence-corrected chi connectivity index (χ4v) is 3.30. The number of hydrogen-bond donors (Lipinski definition) is 0. The molecule has 2 aliphatic heterocycles. The molecule has 29 heavy (non-hydrogen) atoms. The zero-order valence-electron chi connectivity index (χ0n) is 16.8. The largest absolute Gasteiger partial charge is 0.450 e. The van der Waals surface area contributed by atoms with Gasteiger partial charge in [0.1, 0.15) is 0 Å². The van der Waals surface area contributed by atoms with Crippen molar-refractivity contribution in [3.8, 4) is 0 Å². The Morgan fingerprint density at radius 1 is 0.690 bits per heavy atom. The number of rotatable bonds is 2. The zero-order valence-corrected chi connectivity index (χ0v) is 23.1. The Kier molecular flexibility index (Phi) is 14.9. The molecule has 0 N–H and O–H groups in total. The van der Waals surface area contributed by atoms with E-state index >= 15 is 0 Å². The Hall–Kier alpha value is -0.617. The molecule has 0 unspecified atom stereocenters. The predicted molar refractivity (Wildman–Crippen MR) is 120 cm³/mol. The summed E-state index contributed by atoms with van der Waals surface area (Å²) in [4.78, 5) is 29.8. The number of amides is 2. The van der Waals surface area contributed by atoms with Gasteiger partial charge >= 0.3 is 12.2 Å². The van der Waals surface area contributed by atoms with Crippen LogP contribution in [0.1, 0.15) is 13.8 Å². The molecule has 0 saturated carbocycles. The zero-order chi connectivity index (χ0) is 21.1. The average Bonchev–Trinajstić information content (AvgIpc) is 2.69. The number of piperazine rings is 2. The SMILES string of the molecule is CCOC(=O)N1CCN(C(=S)[S-])CC1.CCOC(=O)N1CCN(C(=S)[S-])CC1.[Zn]. The van der Waals surface area contributed by atoms with Crippen LogP contribution in [-0.4, -0.2) is 106 Å². The number of hydrogen-bond acceptors (Lipinski definition) is 8. The first-order valence-electron chi connectivity index (χ1n) is 9.05. The van der Waals surface area contributed by atoms with Gasteiger partial charge < -0.3 is 78.8 Å². The Morgan fingerprint density at radius 3 is 1.14 bits per heavy atom. The molecule has 13 heteroatoms. The van der Waals surface area contributed by atoms with Gasteiger partial charge in [0.25, 0.3) is 0 Å². The third-order valence-corrected chi connectivity index (χ3v) is 5.16. The van der Waals surface area contributed by atoms with Gasteiger partial charge in [0, 0.05) is 71.8 Å². The van der Waals surface area contributed by atoms with Crippen LogP contribution in [0, 0.1) is 0 Å². The molecule has 0 bridgehead atoms. The van der Waals surface area contributed by atoms with E-state index in [4.69, 9.17) is 59.2 Å². The van der Waals surface area contributed by atoms with E-state index in [-0.39, 0.29) is 31.7 Å². The second-order valence-corrected chi connectivity index (χ2v) is 7.94. The molecule has 0 aromatic rings. The number of thiocarbonyl (C=S) groups is 2. The van der Waals surface area contributed by atoms with Gasteiger partial charge in [0.2, 0.25) is 0 Å². The third kappa shape index (κ3) is 10.3. The molecule has 2 aliphatic rings. The van der Waals surface area contributed by atoms with Crippen molar-refractivity contribution in [1.29, 1.82) is 0 Å². The first kappa shape index (κ1) is 28.4. The number of carbonyl (C=O) groups excluding carboxylic acids is 2. The van der Waals surface area contributed by atoms with Gasteiger partial charge in [-0.15, -0.1) is 0 Å². The molecule has 2 rings (SSSR count). The van der Waals surface area contributed by atoms with Gasteiger partial charge in [0.15, 0.2) is 0 Å². The normalized spacial score (nSPS) is 16.1. The molecule has 0 aliphatic carbocycles. The molecular weight excluding hydrogens is 506 g/mol. The van der Waals surface area contributed by atoms with Crippen LogP contribution in [0.3, 0.4) is 0 Å². The predicted octanol–water partition coefficient (Wildman–Crippen LogP) is 1.18. The Balaban J connectivity index is 0.000000523.